The lowest BCUT2D eigenvalue weighted by molar-refractivity contribution is -0.139. The van der Waals surface area contributed by atoms with Gasteiger partial charge in [-0.3, -0.25) is 0 Å². The number of carbonyl (C=O) groups is 2. The molecule has 1 aromatic rings. The molecule has 0 spiro atoms. The Labute approximate surface area is 124 Å². The summed E-state index contributed by atoms with van der Waals surface area (Å²) in [5, 5.41) is 13.6. The van der Waals surface area contributed by atoms with Crippen molar-refractivity contribution < 1.29 is 19.1 Å². The Bertz CT molecular complexity index is 488. The quantitative estimate of drug-likeness (QED) is 0.765. The van der Waals surface area contributed by atoms with Crippen molar-refractivity contribution in [1.29, 1.82) is 0 Å². The van der Waals surface area contributed by atoms with Gasteiger partial charge in [0.15, 0.2) is 0 Å². The summed E-state index contributed by atoms with van der Waals surface area (Å²) in [4.78, 5) is 22.8. The highest BCUT2D eigenvalue weighted by Gasteiger charge is 2.21. The highest BCUT2D eigenvalue weighted by atomic mass is 79.9. The van der Waals surface area contributed by atoms with E-state index in [1.807, 2.05) is 13.8 Å². The Morgan fingerprint density at radius 2 is 2.05 bits per heavy atom. The Kier molecular flexibility index (Phi) is 5.94. The molecule has 0 aliphatic carbocycles. The van der Waals surface area contributed by atoms with Crippen molar-refractivity contribution in [3.8, 4) is 0 Å². The van der Waals surface area contributed by atoms with E-state index in [0.29, 0.717) is 10.9 Å². The molecule has 0 radical (unpaired) electrons. The van der Waals surface area contributed by atoms with Crippen LogP contribution >= 0.6 is 15.9 Å². The van der Waals surface area contributed by atoms with Crippen LogP contribution in [-0.2, 0) is 4.79 Å². The molecule has 1 atom stereocenters. The standard InChI is InChI=1S/C13H16BrFN2O3/c1-7(2)6-10(12(18)19)16-13(20)17-11-8(14)4-3-5-9(11)15/h3-5,7,10H,6H2,1-2H3,(H,18,19)(H2,16,17,20). The van der Waals surface area contributed by atoms with E-state index >= 15 is 0 Å². The lowest BCUT2D eigenvalue weighted by Crippen LogP contribution is -2.43. The zero-order valence-electron chi connectivity index (χ0n) is 11.1. The van der Waals surface area contributed by atoms with Gasteiger partial charge in [-0.1, -0.05) is 19.9 Å². The number of aliphatic carboxylic acids is 1. The molecule has 5 nitrogen and oxygen atoms in total. The fourth-order valence-corrected chi connectivity index (χ4v) is 2.06. The number of halogens is 2. The number of anilines is 1. The molecule has 0 fully saturated rings. The number of benzene rings is 1. The van der Waals surface area contributed by atoms with Gasteiger partial charge in [-0.2, -0.15) is 0 Å². The van der Waals surface area contributed by atoms with E-state index < -0.39 is 23.9 Å². The summed E-state index contributed by atoms with van der Waals surface area (Å²) in [7, 11) is 0. The lowest BCUT2D eigenvalue weighted by Gasteiger charge is -2.17. The normalized spacial score (nSPS) is 12.1. The van der Waals surface area contributed by atoms with Gasteiger partial charge in [0.2, 0.25) is 0 Å². The monoisotopic (exact) mass is 346 g/mol. The van der Waals surface area contributed by atoms with Gasteiger partial charge in [0.1, 0.15) is 11.9 Å². The molecule has 2 amide bonds. The SMILES string of the molecule is CC(C)CC(NC(=O)Nc1c(F)cccc1Br)C(=O)O. The number of para-hydroxylation sites is 1. The van der Waals surface area contributed by atoms with Crippen molar-refractivity contribution in [3.05, 3.63) is 28.5 Å². The molecule has 7 heteroatoms. The van der Waals surface area contributed by atoms with Crippen molar-refractivity contribution in [3.63, 3.8) is 0 Å². The van der Waals surface area contributed by atoms with Gasteiger partial charge < -0.3 is 15.7 Å². The molecule has 1 aromatic carbocycles. The summed E-state index contributed by atoms with van der Waals surface area (Å²) in [6.07, 6.45) is 0.293. The van der Waals surface area contributed by atoms with Crippen LogP contribution in [0.25, 0.3) is 0 Å². The molecule has 0 saturated carbocycles. The van der Waals surface area contributed by atoms with Crippen molar-refractivity contribution in [2.45, 2.75) is 26.3 Å². The van der Waals surface area contributed by atoms with Crippen molar-refractivity contribution in [2.75, 3.05) is 5.32 Å². The summed E-state index contributed by atoms with van der Waals surface area (Å²) in [5.41, 5.74) is -0.0290. The molecule has 0 saturated heterocycles. The third-order valence-electron chi connectivity index (χ3n) is 2.51. The first kappa shape index (κ1) is 16.4. The maximum absolute atomic E-state index is 13.5. The molecule has 110 valence electrons. The Balaban J connectivity index is 2.73. The summed E-state index contributed by atoms with van der Waals surface area (Å²) in [6, 6.07) is 2.48. The van der Waals surface area contributed by atoms with Gasteiger partial charge in [0.05, 0.1) is 5.69 Å². The maximum Gasteiger partial charge on any atom is 0.326 e. The molecule has 0 aliphatic heterocycles. The molecular weight excluding hydrogens is 331 g/mol. The van der Waals surface area contributed by atoms with E-state index in [2.05, 4.69) is 26.6 Å². The number of urea groups is 1. The molecule has 1 rings (SSSR count). The Morgan fingerprint density at radius 1 is 1.40 bits per heavy atom. The highest BCUT2D eigenvalue weighted by Crippen LogP contribution is 2.24. The number of rotatable bonds is 5. The van der Waals surface area contributed by atoms with Gasteiger partial charge in [-0.15, -0.1) is 0 Å². The van der Waals surface area contributed by atoms with E-state index in [9.17, 15) is 14.0 Å². The first-order chi connectivity index (χ1) is 9.31. The Hall–Kier alpha value is -1.63. The van der Waals surface area contributed by atoms with E-state index in [4.69, 9.17) is 5.11 Å². The molecule has 0 aromatic heterocycles. The van der Waals surface area contributed by atoms with E-state index in [-0.39, 0.29) is 11.6 Å². The molecule has 0 aliphatic rings. The minimum atomic E-state index is -1.12. The van der Waals surface area contributed by atoms with Crippen LogP contribution in [-0.4, -0.2) is 23.1 Å². The van der Waals surface area contributed by atoms with Crippen LogP contribution in [0.1, 0.15) is 20.3 Å². The second kappa shape index (κ2) is 7.23. The lowest BCUT2D eigenvalue weighted by atomic mass is 10.0. The van der Waals surface area contributed by atoms with Gasteiger partial charge in [-0.25, -0.2) is 14.0 Å². The molecule has 1 unspecified atom stereocenters. The van der Waals surface area contributed by atoms with Crippen molar-refractivity contribution >= 4 is 33.6 Å². The fraction of sp³-hybridized carbons (Fsp3) is 0.385. The van der Waals surface area contributed by atoms with Gasteiger partial charge in [0, 0.05) is 4.47 Å². The molecule has 0 bridgehead atoms. The van der Waals surface area contributed by atoms with Gasteiger partial charge in [-0.05, 0) is 40.4 Å². The number of nitrogens with one attached hydrogen (secondary N) is 2. The number of amides is 2. The van der Waals surface area contributed by atoms with Gasteiger partial charge >= 0.3 is 12.0 Å². The van der Waals surface area contributed by atoms with E-state index in [1.54, 1.807) is 6.07 Å². The summed E-state index contributed by atoms with van der Waals surface area (Å²) >= 11 is 3.11. The molecular formula is C13H16BrFN2O3. The Morgan fingerprint density at radius 3 is 2.55 bits per heavy atom. The van der Waals surface area contributed by atoms with Crippen LogP contribution in [0.4, 0.5) is 14.9 Å². The van der Waals surface area contributed by atoms with Crippen LogP contribution < -0.4 is 10.6 Å². The predicted molar refractivity (Wildman–Crippen MR) is 77.1 cm³/mol. The van der Waals surface area contributed by atoms with Crippen molar-refractivity contribution in [2.24, 2.45) is 5.92 Å². The number of carbonyl (C=O) groups excluding carboxylic acids is 1. The molecule has 3 N–H and O–H groups in total. The van der Waals surface area contributed by atoms with Crippen LogP contribution in [0, 0.1) is 11.7 Å². The smallest absolute Gasteiger partial charge is 0.326 e. The predicted octanol–water partition coefficient (Wildman–Crippen LogP) is 3.21. The second-order valence-corrected chi connectivity index (χ2v) is 5.57. The third-order valence-corrected chi connectivity index (χ3v) is 3.17. The zero-order valence-corrected chi connectivity index (χ0v) is 12.7. The fourth-order valence-electron chi connectivity index (χ4n) is 1.62. The number of hydrogen-bond donors (Lipinski definition) is 3. The highest BCUT2D eigenvalue weighted by molar-refractivity contribution is 9.10. The van der Waals surface area contributed by atoms with Crippen LogP contribution in [0.2, 0.25) is 0 Å². The summed E-state index contributed by atoms with van der Waals surface area (Å²) in [6.45, 7) is 3.70. The topological polar surface area (TPSA) is 78.4 Å². The summed E-state index contributed by atoms with van der Waals surface area (Å²) in [5.74, 6) is -1.62. The molecule has 0 heterocycles. The van der Waals surface area contributed by atoms with Crippen LogP contribution in [0.3, 0.4) is 0 Å². The van der Waals surface area contributed by atoms with Crippen molar-refractivity contribution in [1.82, 2.24) is 5.32 Å². The third kappa shape index (κ3) is 4.80. The average Bonchev–Trinajstić information content (AvgIpc) is 2.32. The first-order valence-electron chi connectivity index (χ1n) is 6.05. The second-order valence-electron chi connectivity index (χ2n) is 4.72. The van der Waals surface area contributed by atoms with Crippen LogP contribution in [0.5, 0.6) is 0 Å². The minimum absolute atomic E-state index is 0.0290. The van der Waals surface area contributed by atoms with Gasteiger partial charge in [0.25, 0.3) is 0 Å². The first-order valence-corrected chi connectivity index (χ1v) is 6.85. The van der Waals surface area contributed by atoms with Crippen LogP contribution in [0.15, 0.2) is 22.7 Å². The number of hydrogen-bond acceptors (Lipinski definition) is 2. The number of carboxylic acid groups (broad SMARTS) is 1. The maximum atomic E-state index is 13.5. The minimum Gasteiger partial charge on any atom is -0.480 e. The number of carboxylic acids is 1. The largest absolute Gasteiger partial charge is 0.480 e. The van der Waals surface area contributed by atoms with E-state index in [0.717, 1.165) is 0 Å². The molecule has 20 heavy (non-hydrogen) atoms. The van der Waals surface area contributed by atoms with E-state index in [1.165, 1.54) is 12.1 Å². The average molecular weight is 347 g/mol. The zero-order chi connectivity index (χ0) is 15.3. The summed E-state index contributed by atoms with van der Waals surface area (Å²) < 4.78 is 13.9.